The molecule has 7 nitrogen and oxygen atoms in total. The lowest BCUT2D eigenvalue weighted by Gasteiger charge is -2.32. The first kappa shape index (κ1) is 17.4. The number of nitrogens with one attached hydrogen (secondary N) is 2. The van der Waals surface area contributed by atoms with Crippen LogP contribution in [0.25, 0.3) is 0 Å². The SMILES string of the molecule is CCNC(=O)[C@H]1CCCN(C(=O)Nc2ccc3c(c2)OC(C)(C)O3)C1. The molecule has 7 heteroatoms. The van der Waals surface area contributed by atoms with Crippen molar-refractivity contribution in [3.8, 4) is 11.5 Å². The van der Waals surface area contributed by atoms with Crippen LogP contribution in [0.3, 0.4) is 0 Å². The first-order valence-electron chi connectivity index (χ1n) is 8.73. The normalized spacial score (nSPS) is 20.9. The van der Waals surface area contributed by atoms with Gasteiger partial charge >= 0.3 is 6.03 Å². The zero-order chi connectivity index (χ0) is 18.0. The largest absolute Gasteiger partial charge is 0.449 e. The van der Waals surface area contributed by atoms with Gasteiger partial charge < -0.3 is 25.0 Å². The Bertz CT molecular complexity index is 674. The predicted octanol–water partition coefficient (Wildman–Crippen LogP) is 2.57. The molecule has 2 aliphatic rings. The van der Waals surface area contributed by atoms with Crippen molar-refractivity contribution >= 4 is 17.6 Å². The van der Waals surface area contributed by atoms with Crippen LogP contribution in [-0.2, 0) is 4.79 Å². The summed E-state index contributed by atoms with van der Waals surface area (Å²) in [5.41, 5.74) is 0.644. The number of likely N-dealkylation sites (tertiary alicyclic amines) is 1. The molecule has 25 heavy (non-hydrogen) atoms. The van der Waals surface area contributed by atoms with E-state index in [1.165, 1.54) is 0 Å². The van der Waals surface area contributed by atoms with E-state index < -0.39 is 5.79 Å². The number of piperidine rings is 1. The van der Waals surface area contributed by atoms with Gasteiger partial charge in [0, 0.05) is 45.2 Å². The highest BCUT2D eigenvalue weighted by atomic mass is 16.7. The highest BCUT2D eigenvalue weighted by Gasteiger charge is 2.32. The number of carbonyl (C=O) groups excluding carboxylic acids is 2. The van der Waals surface area contributed by atoms with Crippen molar-refractivity contribution in [2.75, 3.05) is 25.0 Å². The summed E-state index contributed by atoms with van der Waals surface area (Å²) in [6.07, 6.45) is 1.64. The minimum Gasteiger partial charge on any atom is -0.449 e. The fraction of sp³-hybridized carbons (Fsp3) is 0.556. The van der Waals surface area contributed by atoms with Crippen LogP contribution in [0.15, 0.2) is 18.2 Å². The summed E-state index contributed by atoms with van der Waals surface area (Å²) < 4.78 is 11.3. The van der Waals surface area contributed by atoms with Gasteiger partial charge in [0.25, 0.3) is 0 Å². The van der Waals surface area contributed by atoms with Crippen LogP contribution in [0.5, 0.6) is 11.5 Å². The molecule has 0 saturated carbocycles. The van der Waals surface area contributed by atoms with Crippen molar-refractivity contribution in [1.82, 2.24) is 10.2 Å². The third-order valence-corrected chi connectivity index (χ3v) is 4.34. The molecule has 0 radical (unpaired) electrons. The molecule has 3 rings (SSSR count). The van der Waals surface area contributed by atoms with Crippen LogP contribution in [0.2, 0.25) is 0 Å². The molecule has 2 aliphatic heterocycles. The number of fused-ring (bicyclic) bond motifs is 1. The molecule has 1 saturated heterocycles. The van der Waals surface area contributed by atoms with Crippen molar-refractivity contribution in [1.29, 1.82) is 0 Å². The van der Waals surface area contributed by atoms with Gasteiger partial charge in [-0.05, 0) is 31.9 Å². The summed E-state index contributed by atoms with van der Waals surface area (Å²) in [7, 11) is 0. The lowest BCUT2D eigenvalue weighted by Crippen LogP contribution is -2.46. The number of anilines is 1. The number of benzene rings is 1. The van der Waals surface area contributed by atoms with Gasteiger partial charge in [-0.25, -0.2) is 4.79 Å². The number of ether oxygens (including phenoxy) is 2. The Labute approximate surface area is 147 Å². The van der Waals surface area contributed by atoms with E-state index in [4.69, 9.17) is 9.47 Å². The maximum atomic E-state index is 12.5. The monoisotopic (exact) mass is 347 g/mol. The Kier molecular flexibility index (Phi) is 4.74. The number of hydrogen-bond donors (Lipinski definition) is 2. The molecule has 1 atom stereocenters. The van der Waals surface area contributed by atoms with E-state index >= 15 is 0 Å². The van der Waals surface area contributed by atoms with E-state index in [1.807, 2.05) is 20.8 Å². The second-order valence-electron chi connectivity index (χ2n) is 6.88. The maximum absolute atomic E-state index is 12.5. The summed E-state index contributed by atoms with van der Waals surface area (Å²) >= 11 is 0. The van der Waals surface area contributed by atoms with Gasteiger partial charge in [0.15, 0.2) is 11.5 Å². The van der Waals surface area contributed by atoms with E-state index in [2.05, 4.69) is 10.6 Å². The predicted molar refractivity (Wildman–Crippen MR) is 93.8 cm³/mol. The smallest absolute Gasteiger partial charge is 0.321 e. The van der Waals surface area contributed by atoms with Gasteiger partial charge in [-0.1, -0.05) is 0 Å². The topological polar surface area (TPSA) is 79.9 Å². The molecule has 2 heterocycles. The lowest BCUT2D eigenvalue weighted by atomic mass is 9.97. The van der Waals surface area contributed by atoms with E-state index in [0.717, 1.165) is 12.8 Å². The number of nitrogens with zero attached hydrogens (tertiary/aromatic N) is 1. The minimum absolute atomic E-state index is 0.0188. The average molecular weight is 347 g/mol. The minimum atomic E-state index is -0.697. The molecular formula is C18H25N3O4. The summed E-state index contributed by atoms with van der Waals surface area (Å²) in [6.45, 7) is 7.26. The van der Waals surface area contributed by atoms with E-state index in [-0.39, 0.29) is 17.9 Å². The molecule has 136 valence electrons. The van der Waals surface area contributed by atoms with Gasteiger partial charge in [-0.2, -0.15) is 0 Å². The number of amides is 3. The summed E-state index contributed by atoms with van der Waals surface area (Å²) in [5.74, 6) is 0.457. The third kappa shape index (κ3) is 3.97. The molecule has 1 fully saturated rings. The zero-order valence-electron chi connectivity index (χ0n) is 14.9. The molecule has 0 unspecified atom stereocenters. The van der Waals surface area contributed by atoms with Crippen LogP contribution < -0.4 is 20.1 Å². The molecule has 1 aromatic carbocycles. The standard InChI is InChI=1S/C18H25N3O4/c1-4-19-16(22)12-6-5-9-21(11-12)17(23)20-13-7-8-14-15(10-13)25-18(2,3)24-14/h7-8,10,12H,4-6,9,11H2,1-3H3,(H,19,22)(H,20,23)/t12-/m0/s1. The molecule has 0 aliphatic carbocycles. The Morgan fingerprint density at radius 2 is 2.04 bits per heavy atom. The van der Waals surface area contributed by atoms with Crippen LogP contribution in [0.4, 0.5) is 10.5 Å². The third-order valence-electron chi connectivity index (χ3n) is 4.34. The van der Waals surface area contributed by atoms with E-state index in [0.29, 0.717) is 36.8 Å². The lowest BCUT2D eigenvalue weighted by molar-refractivity contribution is -0.126. The molecule has 2 N–H and O–H groups in total. The molecule has 1 aromatic rings. The first-order chi connectivity index (χ1) is 11.9. The molecule has 0 bridgehead atoms. The van der Waals surface area contributed by atoms with Crippen molar-refractivity contribution in [2.45, 2.75) is 39.4 Å². The van der Waals surface area contributed by atoms with E-state index in [9.17, 15) is 9.59 Å². The summed E-state index contributed by atoms with van der Waals surface area (Å²) in [5, 5.41) is 5.71. The maximum Gasteiger partial charge on any atom is 0.321 e. The number of hydrogen-bond acceptors (Lipinski definition) is 4. The van der Waals surface area contributed by atoms with Crippen LogP contribution >= 0.6 is 0 Å². The highest BCUT2D eigenvalue weighted by Crippen LogP contribution is 2.40. The summed E-state index contributed by atoms with van der Waals surface area (Å²) in [6, 6.07) is 5.12. The van der Waals surface area contributed by atoms with Crippen molar-refractivity contribution in [3.05, 3.63) is 18.2 Å². The van der Waals surface area contributed by atoms with Crippen molar-refractivity contribution in [2.24, 2.45) is 5.92 Å². The fourth-order valence-corrected chi connectivity index (χ4v) is 3.20. The van der Waals surface area contributed by atoms with Gasteiger partial charge in [0.2, 0.25) is 11.7 Å². The quantitative estimate of drug-likeness (QED) is 0.881. The van der Waals surface area contributed by atoms with Crippen LogP contribution in [0, 0.1) is 5.92 Å². The highest BCUT2D eigenvalue weighted by molar-refractivity contribution is 5.90. The Morgan fingerprint density at radius 1 is 1.28 bits per heavy atom. The second kappa shape index (κ2) is 6.82. The average Bonchev–Trinajstić information content (AvgIpc) is 2.88. The van der Waals surface area contributed by atoms with Crippen LogP contribution in [-0.4, -0.2) is 42.3 Å². The van der Waals surface area contributed by atoms with Crippen molar-refractivity contribution in [3.63, 3.8) is 0 Å². The van der Waals surface area contributed by atoms with Gasteiger partial charge in [-0.3, -0.25) is 4.79 Å². The number of rotatable bonds is 3. The Morgan fingerprint density at radius 3 is 2.80 bits per heavy atom. The Hall–Kier alpha value is -2.44. The molecular weight excluding hydrogens is 322 g/mol. The fourth-order valence-electron chi connectivity index (χ4n) is 3.20. The molecule has 0 aromatic heterocycles. The second-order valence-corrected chi connectivity index (χ2v) is 6.88. The van der Waals surface area contributed by atoms with Gasteiger partial charge in [0.1, 0.15) is 0 Å². The van der Waals surface area contributed by atoms with Crippen molar-refractivity contribution < 1.29 is 19.1 Å². The number of carbonyl (C=O) groups is 2. The van der Waals surface area contributed by atoms with E-state index in [1.54, 1.807) is 23.1 Å². The summed E-state index contributed by atoms with van der Waals surface area (Å²) in [4.78, 5) is 26.2. The zero-order valence-corrected chi connectivity index (χ0v) is 14.9. The molecule has 3 amide bonds. The number of urea groups is 1. The Balaban J connectivity index is 1.62. The van der Waals surface area contributed by atoms with Gasteiger partial charge in [-0.15, -0.1) is 0 Å². The molecule has 0 spiro atoms. The first-order valence-corrected chi connectivity index (χ1v) is 8.73. The van der Waals surface area contributed by atoms with Crippen LogP contribution in [0.1, 0.15) is 33.6 Å². The van der Waals surface area contributed by atoms with Gasteiger partial charge in [0.05, 0.1) is 5.92 Å².